The van der Waals surface area contributed by atoms with Gasteiger partial charge in [-0.05, 0) is 12.8 Å². The Bertz CT molecular complexity index is 230. The average Bonchev–Trinajstić information content (AvgIpc) is 2.16. The molecule has 2 amide bonds. The lowest BCUT2D eigenvalue weighted by Crippen LogP contribution is -2.53. The number of carbonyl (C=O) groups excluding carboxylic acids is 2. The van der Waals surface area contributed by atoms with Crippen LogP contribution < -0.4 is 21.9 Å². The van der Waals surface area contributed by atoms with E-state index in [0.717, 1.165) is 0 Å². The van der Waals surface area contributed by atoms with Gasteiger partial charge in [-0.15, -0.1) is 0 Å². The Hall–Kier alpha value is -1.14. The predicted molar refractivity (Wildman–Crippen MR) is 57.6 cm³/mol. The summed E-state index contributed by atoms with van der Waals surface area (Å²) in [4.78, 5) is 22.7. The van der Waals surface area contributed by atoms with Crippen molar-refractivity contribution in [3.63, 3.8) is 0 Å². The maximum Gasteiger partial charge on any atom is 0.256 e. The molecule has 0 saturated carbocycles. The SMILES string of the molecule is CNNC(=O)[C@H](C)NC(=O)[C@@H](N)C(C)C. The van der Waals surface area contributed by atoms with Gasteiger partial charge in [-0.3, -0.25) is 15.0 Å². The third kappa shape index (κ3) is 4.75. The van der Waals surface area contributed by atoms with Crippen molar-refractivity contribution in [1.82, 2.24) is 16.2 Å². The largest absolute Gasteiger partial charge is 0.343 e. The van der Waals surface area contributed by atoms with Crippen molar-refractivity contribution in [2.45, 2.75) is 32.9 Å². The van der Waals surface area contributed by atoms with Gasteiger partial charge in [0.15, 0.2) is 0 Å². The molecule has 0 fully saturated rings. The van der Waals surface area contributed by atoms with Crippen LogP contribution in [0.15, 0.2) is 0 Å². The van der Waals surface area contributed by atoms with Crippen LogP contribution in [0, 0.1) is 5.92 Å². The maximum absolute atomic E-state index is 11.5. The van der Waals surface area contributed by atoms with Gasteiger partial charge in [0, 0.05) is 7.05 Å². The molecular weight excluding hydrogens is 196 g/mol. The molecular formula is C9H20N4O2. The third-order valence-electron chi connectivity index (χ3n) is 2.02. The van der Waals surface area contributed by atoms with Crippen LogP contribution in [-0.4, -0.2) is 30.9 Å². The molecule has 15 heavy (non-hydrogen) atoms. The van der Waals surface area contributed by atoms with Crippen LogP contribution in [0.4, 0.5) is 0 Å². The molecule has 0 aromatic carbocycles. The summed E-state index contributed by atoms with van der Waals surface area (Å²) in [7, 11) is 1.58. The van der Waals surface area contributed by atoms with Crippen LogP contribution in [0.2, 0.25) is 0 Å². The Morgan fingerprint density at radius 3 is 2.07 bits per heavy atom. The molecule has 6 heteroatoms. The van der Waals surface area contributed by atoms with E-state index in [2.05, 4.69) is 16.2 Å². The van der Waals surface area contributed by atoms with Crippen molar-refractivity contribution in [3.8, 4) is 0 Å². The van der Waals surface area contributed by atoms with Gasteiger partial charge in [0.25, 0.3) is 5.91 Å². The van der Waals surface area contributed by atoms with Gasteiger partial charge in [-0.25, -0.2) is 5.43 Å². The van der Waals surface area contributed by atoms with Gasteiger partial charge in [-0.2, -0.15) is 0 Å². The fourth-order valence-electron chi connectivity index (χ4n) is 0.909. The van der Waals surface area contributed by atoms with E-state index < -0.39 is 12.1 Å². The molecule has 0 unspecified atom stereocenters. The third-order valence-corrected chi connectivity index (χ3v) is 2.02. The number of amides is 2. The molecule has 0 radical (unpaired) electrons. The number of nitrogens with two attached hydrogens (primary N) is 1. The Kier molecular flexibility index (Phi) is 5.88. The molecule has 0 aliphatic carbocycles. The summed E-state index contributed by atoms with van der Waals surface area (Å²) in [6.07, 6.45) is 0. The van der Waals surface area contributed by atoms with Crippen LogP contribution in [0.3, 0.4) is 0 Å². The second kappa shape index (κ2) is 6.36. The summed E-state index contributed by atoms with van der Waals surface area (Å²) in [5.74, 6) is -0.574. The number of hydrazine groups is 1. The van der Waals surface area contributed by atoms with Gasteiger partial charge in [0.05, 0.1) is 6.04 Å². The van der Waals surface area contributed by atoms with Crippen LogP contribution in [0.5, 0.6) is 0 Å². The molecule has 0 aliphatic heterocycles. The lowest BCUT2D eigenvalue weighted by molar-refractivity contribution is -0.130. The summed E-state index contributed by atoms with van der Waals surface area (Å²) >= 11 is 0. The first-order valence-corrected chi connectivity index (χ1v) is 4.92. The van der Waals surface area contributed by atoms with Crippen LogP contribution in [0.25, 0.3) is 0 Å². The maximum atomic E-state index is 11.5. The van der Waals surface area contributed by atoms with Crippen molar-refractivity contribution in [3.05, 3.63) is 0 Å². The smallest absolute Gasteiger partial charge is 0.256 e. The Morgan fingerprint density at radius 1 is 1.13 bits per heavy atom. The first kappa shape index (κ1) is 13.9. The van der Waals surface area contributed by atoms with Gasteiger partial charge >= 0.3 is 0 Å². The highest BCUT2D eigenvalue weighted by atomic mass is 16.2. The van der Waals surface area contributed by atoms with E-state index >= 15 is 0 Å². The number of rotatable bonds is 5. The summed E-state index contributed by atoms with van der Waals surface area (Å²) in [6.45, 7) is 5.29. The van der Waals surface area contributed by atoms with Gasteiger partial charge in [0.2, 0.25) is 5.91 Å². The average molecular weight is 216 g/mol. The van der Waals surface area contributed by atoms with Crippen molar-refractivity contribution in [2.75, 3.05) is 7.05 Å². The topological polar surface area (TPSA) is 96.2 Å². The van der Waals surface area contributed by atoms with Crippen LogP contribution in [0.1, 0.15) is 20.8 Å². The summed E-state index contributed by atoms with van der Waals surface area (Å²) in [5.41, 5.74) is 10.5. The molecule has 2 atom stereocenters. The molecule has 6 nitrogen and oxygen atoms in total. The van der Waals surface area contributed by atoms with E-state index in [1.54, 1.807) is 14.0 Å². The fourth-order valence-corrected chi connectivity index (χ4v) is 0.909. The molecule has 0 aliphatic rings. The highest BCUT2D eigenvalue weighted by molar-refractivity contribution is 5.89. The number of nitrogens with one attached hydrogen (secondary N) is 3. The summed E-state index contributed by atoms with van der Waals surface area (Å²) < 4.78 is 0. The normalized spacial score (nSPS) is 14.5. The van der Waals surface area contributed by atoms with Crippen molar-refractivity contribution in [1.29, 1.82) is 0 Å². The number of carbonyl (C=O) groups is 2. The molecule has 0 bridgehead atoms. The summed E-state index contributed by atoms with van der Waals surface area (Å²) in [6, 6.07) is -1.19. The van der Waals surface area contributed by atoms with Gasteiger partial charge < -0.3 is 11.1 Å². The van der Waals surface area contributed by atoms with E-state index in [1.165, 1.54) is 0 Å². The molecule has 0 saturated heterocycles. The number of hydrogen-bond acceptors (Lipinski definition) is 4. The molecule has 88 valence electrons. The lowest BCUT2D eigenvalue weighted by Gasteiger charge is -2.19. The van der Waals surface area contributed by atoms with E-state index in [-0.39, 0.29) is 17.7 Å². The zero-order chi connectivity index (χ0) is 12.0. The van der Waals surface area contributed by atoms with Crippen molar-refractivity contribution >= 4 is 11.8 Å². The van der Waals surface area contributed by atoms with Crippen molar-refractivity contribution in [2.24, 2.45) is 11.7 Å². The van der Waals surface area contributed by atoms with E-state index in [4.69, 9.17) is 5.73 Å². The molecule has 0 spiro atoms. The zero-order valence-corrected chi connectivity index (χ0v) is 9.63. The highest BCUT2D eigenvalue weighted by Gasteiger charge is 2.21. The van der Waals surface area contributed by atoms with E-state index in [1.807, 2.05) is 13.8 Å². The molecule has 0 heterocycles. The molecule has 5 N–H and O–H groups in total. The van der Waals surface area contributed by atoms with E-state index in [9.17, 15) is 9.59 Å². The summed E-state index contributed by atoms with van der Waals surface area (Å²) in [5, 5.41) is 2.53. The van der Waals surface area contributed by atoms with Gasteiger partial charge in [0.1, 0.15) is 6.04 Å². The Balaban J connectivity index is 4.12. The fraction of sp³-hybridized carbons (Fsp3) is 0.778. The molecule has 0 rings (SSSR count). The standard InChI is InChI=1S/C9H20N4O2/c1-5(2)7(10)9(15)12-6(3)8(14)13-11-4/h5-7,11H,10H2,1-4H3,(H,12,15)(H,13,14)/t6-,7-/m0/s1. The minimum atomic E-state index is -0.602. The minimum absolute atomic E-state index is 0.0459. The second-order valence-electron chi connectivity index (χ2n) is 3.74. The van der Waals surface area contributed by atoms with Gasteiger partial charge in [-0.1, -0.05) is 13.8 Å². The van der Waals surface area contributed by atoms with Crippen LogP contribution in [-0.2, 0) is 9.59 Å². The predicted octanol–water partition coefficient (Wildman–Crippen LogP) is -1.27. The highest BCUT2D eigenvalue weighted by Crippen LogP contribution is 1.98. The quantitative estimate of drug-likeness (QED) is 0.431. The van der Waals surface area contributed by atoms with Crippen LogP contribution >= 0.6 is 0 Å². The zero-order valence-electron chi connectivity index (χ0n) is 9.63. The lowest BCUT2D eigenvalue weighted by atomic mass is 10.0. The monoisotopic (exact) mass is 216 g/mol. The minimum Gasteiger partial charge on any atom is -0.343 e. The first-order chi connectivity index (χ1) is 6.90. The van der Waals surface area contributed by atoms with Crippen molar-refractivity contribution < 1.29 is 9.59 Å². The molecule has 0 aromatic rings. The first-order valence-electron chi connectivity index (χ1n) is 4.92. The Morgan fingerprint density at radius 2 is 1.67 bits per heavy atom. The second-order valence-corrected chi connectivity index (χ2v) is 3.74. The number of hydrogen-bond donors (Lipinski definition) is 4. The molecule has 0 aromatic heterocycles. The Labute approximate surface area is 89.9 Å². The van der Waals surface area contributed by atoms with E-state index in [0.29, 0.717) is 0 Å².